The molecule has 0 bridgehead atoms. The van der Waals surface area contributed by atoms with Crippen LogP contribution >= 0.6 is 0 Å². The number of carbonyl (C=O) groups is 1. The van der Waals surface area contributed by atoms with Crippen molar-refractivity contribution in [3.63, 3.8) is 0 Å². The Morgan fingerprint density at radius 1 is 1.38 bits per heavy atom. The second kappa shape index (κ2) is 7.67. The van der Waals surface area contributed by atoms with Gasteiger partial charge in [-0.15, -0.1) is 0 Å². The highest BCUT2D eigenvalue weighted by molar-refractivity contribution is 6.00. The van der Waals surface area contributed by atoms with E-state index in [1.165, 1.54) is 10.7 Å². The fraction of sp³-hybridized carbons (Fsp3) is 0.200. The van der Waals surface area contributed by atoms with Crippen molar-refractivity contribution in [2.45, 2.75) is 18.6 Å². The minimum atomic E-state index is -1.02. The van der Waals surface area contributed by atoms with Gasteiger partial charge >= 0.3 is 0 Å². The number of fused-ring (bicyclic) bond motifs is 1. The van der Waals surface area contributed by atoms with Gasteiger partial charge in [0.15, 0.2) is 17.3 Å². The molecule has 3 aromatic rings. The normalized spacial score (nSPS) is 19.5. The summed E-state index contributed by atoms with van der Waals surface area (Å²) < 4.78 is 16.3. The number of nitrogens with zero attached hydrogens (tertiary/aromatic N) is 6. The van der Waals surface area contributed by atoms with E-state index in [-0.39, 0.29) is 16.9 Å². The minimum absolute atomic E-state index is 0.215. The van der Waals surface area contributed by atoms with Gasteiger partial charge in [0.1, 0.15) is 29.7 Å². The van der Waals surface area contributed by atoms with Crippen LogP contribution in [0.3, 0.4) is 0 Å². The summed E-state index contributed by atoms with van der Waals surface area (Å²) >= 11 is 0. The SMILES string of the molecule is CNc1cc(NC2=CC=CN(n3ccnc3)C2=C=O)nc2c(C(=O)N[C@@H]3C[C@@H]3F)cnn12. The lowest BCUT2D eigenvalue weighted by molar-refractivity contribution is 0.0949. The van der Waals surface area contributed by atoms with Gasteiger partial charge in [-0.3, -0.25) is 4.79 Å². The molecule has 1 aliphatic carbocycles. The molecule has 1 fully saturated rings. The van der Waals surface area contributed by atoms with Crippen LogP contribution < -0.4 is 21.0 Å². The molecule has 2 atom stereocenters. The maximum Gasteiger partial charge on any atom is 0.257 e. The summed E-state index contributed by atoms with van der Waals surface area (Å²) in [5.41, 5.74) is 1.15. The summed E-state index contributed by atoms with van der Waals surface area (Å²) in [4.78, 5) is 32.8. The van der Waals surface area contributed by atoms with Gasteiger partial charge in [0, 0.05) is 38.1 Å². The van der Waals surface area contributed by atoms with Gasteiger partial charge in [-0.05, 0) is 12.2 Å². The van der Waals surface area contributed by atoms with Crippen molar-refractivity contribution in [3.8, 4) is 0 Å². The van der Waals surface area contributed by atoms with Crippen molar-refractivity contribution in [3.05, 3.63) is 66.3 Å². The Morgan fingerprint density at radius 2 is 2.22 bits per heavy atom. The van der Waals surface area contributed by atoms with Crippen LogP contribution in [-0.2, 0) is 4.79 Å². The maximum atomic E-state index is 13.2. The average Bonchev–Trinajstić information content (AvgIpc) is 3.19. The van der Waals surface area contributed by atoms with Gasteiger partial charge < -0.3 is 16.0 Å². The number of anilines is 2. The van der Waals surface area contributed by atoms with Crippen molar-refractivity contribution >= 4 is 29.1 Å². The van der Waals surface area contributed by atoms with E-state index in [0.29, 0.717) is 23.8 Å². The van der Waals surface area contributed by atoms with Crippen LogP contribution in [-0.4, -0.2) is 55.4 Å². The fourth-order valence-corrected chi connectivity index (χ4v) is 3.33. The first-order valence-electron chi connectivity index (χ1n) is 9.79. The van der Waals surface area contributed by atoms with Crippen LogP contribution in [0.2, 0.25) is 0 Å². The van der Waals surface area contributed by atoms with Crippen LogP contribution in [0.5, 0.6) is 0 Å². The molecule has 11 nitrogen and oxygen atoms in total. The van der Waals surface area contributed by atoms with Crippen molar-refractivity contribution in [1.82, 2.24) is 29.6 Å². The van der Waals surface area contributed by atoms with Gasteiger partial charge in [-0.1, -0.05) is 0 Å². The second-order valence-electron chi connectivity index (χ2n) is 7.19. The Hall–Kier alpha value is -4.44. The first-order chi connectivity index (χ1) is 15.6. The van der Waals surface area contributed by atoms with E-state index >= 15 is 0 Å². The molecular formula is C20H18FN9O2. The van der Waals surface area contributed by atoms with Crippen LogP contribution in [0.15, 0.2) is 60.7 Å². The number of halogens is 1. The van der Waals surface area contributed by atoms with E-state index in [4.69, 9.17) is 0 Å². The van der Waals surface area contributed by atoms with E-state index < -0.39 is 18.1 Å². The molecule has 1 amide bonds. The lowest BCUT2D eigenvalue weighted by atomic mass is 10.2. The Morgan fingerprint density at radius 3 is 2.91 bits per heavy atom. The number of imidazole rings is 1. The molecular weight excluding hydrogens is 417 g/mol. The van der Waals surface area contributed by atoms with Gasteiger partial charge in [0.25, 0.3) is 5.91 Å². The highest BCUT2D eigenvalue weighted by Gasteiger charge is 2.39. The molecule has 162 valence electrons. The third-order valence-electron chi connectivity index (χ3n) is 5.07. The number of hydrogen-bond acceptors (Lipinski definition) is 8. The number of allylic oxidation sites excluding steroid dienone is 2. The van der Waals surface area contributed by atoms with E-state index in [1.807, 2.05) is 5.94 Å². The largest absolute Gasteiger partial charge is 0.373 e. The van der Waals surface area contributed by atoms with Crippen molar-refractivity contribution in [2.24, 2.45) is 0 Å². The van der Waals surface area contributed by atoms with Crippen molar-refractivity contribution in [2.75, 3.05) is 22.7 Å². The van der Waals surface area contributed by atoms with Gasteiger partial charge in [-0.2, -0.15) is 9.61 Å². The number of amides is 1. The monoisotopic (exact) mass is 435 g/mol. The maximum absolute atomic E-state index is 13.2. The molecule has 0 aromatic carbocycles. The minimum Gasteiger partial charge on any atom is -0.373 e. The van der Waals surface area contributed by atoms with E-state index in [9.17, 15) is 14.0 Å². The number of alkyl halides is 1. The third kappa shape index (κ3) is 3.38. The molecule has 0 saturated heterocycles. The van der Waals surface area contributed by atoms with E-state index in [0.717, 1.165) is 0 Å². The molecule has 0 radical (unpaired) electrons. The summed E-state index contributed by atoms with van der Waals surface area (Å²) in [5.74, 6) is 2.41. The Bertz CT molecular complexity index is 1300. The molecule has 0 unspecified atom stereocenters. The molecule has 4 heterocycles. The molecule has 3 N–H and O–H groups in total. The average molecular weight is 435 g/mol. The van der Waals surface area contributed by atoms with Crippen molar-refractivity contribution < 1.29 is 14.0 Å². The number of carbonyl (C=O) groups excluding carboxylic acids is 2. The summed E-state index contributed by atoms with van der Waals surface area (Å²) in [6, 6.07) is 1.21. The Labute approximate surface area is 180 Å². The zero-order valence-electron chi connectivity index (χ0n) is 16.9. The standard InChI is InChI=1S/C20H18FN9O2/c1-22-18-8-17(25-14-3-2-5-29(16(14)10-31)28-6-4-23-11-28)27-19-12(9-24-30(18)19)20(32)26-15-7-13(15)21/h2-6,8-9,11,13,15,22H,7H2,1H3,(H,25,27)(H,26,32)/t13-,15+/m0/s1. The highest BCUT2D eigenvalue weighted by atomic mass is 19.1. The first kappa shape index (κ1) is 19.5. The third-order valence-corrected chi connectivity index (χ3v) is 5.07. The summed E-state index contributed by atoms with van der Waals surface area (Å²) in [5, 5.41) is 14.5. The van der Waals surface area contributed by atoms with E-state index in [1.54, 1.807) is 59.9 Å². The molecule has 12 heteroatoms. The number of hydrogen-bond donors (Lipinski definition) is 3. The topological polar surface area (TPSA) is 121 Å². The summed E-state index contributed by atoms with van der Waals surface area (Å²) in [6.07, 6.45) is 10.7. The number of rotatable bonds is 6. The van der Waals surface area contributed by atoms with Crippen LogP contribution in [0, 0.1) is 0 Å². The molecule has 1 aliphatic heterocycles. The zero-order chi connectivity index (χ0) is 22.2. The summed E-state index contributed by atoms with van der Waals surface area (Å²) in [6.45, 7) is 0. The van der Waals surface area contributed by atoms with Crippen LogP contribution in [0.4, 0.5) is 16.0 Å². The van der Waals surface area contributed by atoms with Gasteiger partial charge in [-0.25, -0.2) is 28.8 Å². The van der Waals surface area contributed by atoms with E-state index in [2.05, 4.69) is 31.0 Å². The van der Waals surface area contributed by atoms with Crippen molar-refractivity contribution in [1.29, 1.82) is 0 Å². The van der Waals surface area contributed by atoms with Gasteiger partial charge in [0.05, 0.1) is 17.9 Å². The highest BCUT2D eigenvalue weighted by Crippen LogP contribution is 2.27. The predicted octanol–water partition coefficient (Wildman–Crippen LogP) is 0.984. The lowest BCUT2D eigenvalue weighted by Crippen LogP contribution is -2.31. The van der Waals surface area contributed by atoms with Crippen LogP contribution in [0.1, 0.15) is 16.8 Å². The molecule has 1 saturated carbocycles. The van der Waals surface area contributed by atoms with Gasteiger partial charge in [0.2, 0.25) is 0 Å². The Balaban J connectivity index is 1.48. The predicted molar refractivity (Wildman–Crippen MR) is 114 cm³/mol. The smallest absolute Gasteiger partial charge is 0.257 e. The first-order valence-corrected chi connectivity index (χ1v) is 9.79. The number of nitrogens with one attached hydrogen (secondary N) is 3. The lowest BCUT2D eigenvalue weighted by Gasteiger charge is -2.26. The molecule has 0 spiro atoms. The molecule has 5 rings (SSSR count). The summed E-state index contributed by atoms with van der Waals surface area (Å²) in [7, 11) is 1.71. The zero-order valence-corrected chi connectivity index (χ0v) is 16.9. The fourth-order valence-electron chi connectivity index (χ4n) is 3.33. The molecule has 2 aliphatic rings. The molecule has 32 heavy (non-hydrogen) atoms. The molecule has 3 aromatic heterocycles. The second-order valence-corrected chi connectivity index (χ2v) is 7.19. The van der Waals surface area contributed by atoms with Crippen LogP contribution in [0.25, 0.3) is 5.65 Å². The number of aromatic nitrogens is 5. The quantitative estimate of drug-likeness (QED) is 0.490. The Kier molecular flexibility index (Phi) is 4.68.